The number of nitrogens with one attached hydrogen (secondary N) is 3. The fourth-order valence-corrected chi connectivity index (χ4v) is 4.96. The molecular weight excluding hydrogens is 522 g/mol. The van der Waals surface area contributed by atoms with Crippen molar-refractivity contribution < 1.29 is 24.3 Å². The van der Waals surface area contributed by atoms with Crippen LogP contribution < -0.4 is 16.0 Å². The number of benzene rings is 3. The molecule has 3 aromatic rings. The number of carboxylic acid groups (broad SMARTS) is 1. The zero-order chi connectivity index (χ0) is 29.1. The number of amides is 3. The highest BCUT2D eigenvalue weighted by Crippen LogP contribution is 2.39. The van der Waals surface area contributed by atoms with E-state index in [1.54, 1.807) is 42.2 Å². The molecule has 3 aromatic carbocycles. The molecule has 5 rings (SSSR count). The van der Waals surface area contributed by atoms with E-state index in [9.17, 15) is 24.3 Å². The van der Waals surface area contributed by atoms with Gasteiger partial charge in [0.05, 0.1) is 29.1 Å². The van der Waals surface area contributed by atoms with Gasteiger partial charge in [-0.3, -0.25) is 14.4 Å². The van der Waals surface area contributed by atoms with Crippen LogP contribution in [-0.4, -0.2) is 78.4 Å². The van der Waals surface area contributed by atoms with Crippen molar-refractivity contribution in [3.05, 3.63) is 94.5 Å². The maximum atomic E-state index is 13.2. The van der Waals surface area contributed by atoms with Gasteiger partial charge in [-0.15, -0.1) is 0 Å². The van der Waals surface area contributed by atoms with E-state index in [4.69, 9.17) is 0 Å². The number of aromatic carboxylic acids is 1. The fourth-order valence-electron chi connectivity index (χ4n) is 4.96. The van der Waals surface area contributed by atoms with E-state index >= 15 is 0 Å². The highest BCUT2D eigenvalue weighted by molar-refractivity contribution is 6.37. The van der Waals surface area contributed by atoms with Crippen molar-refractivity contribution in [3.8, 4) is 0 Å². The molecule has 0 bridgehead atoms. The number of likely N-dealkylation sites (N-methyl/N-ethyl adjacent to an activating group) is 1. The first-order valence-electron chi connectivity index (χ1n) is 13.3. The number of rotatable bonds is 7. The fraction of sp³-hybridized carbons (Fsp3) is 0.226. The van der Waals surface area contributed by atoms with Crippen LogP contribution in [0.25, 0.3) is 11.3 Å². The molecular formula is C31H31N5O5. The van der Waals surface area contributed by atoms with Crippen molar-refractivity contribution in [2.45, 2.75) is 6.92 Å². The highest BCUT2D eigenvalue weighted by Gasteiger charge is 2.30. The highest BCUT2D eigenvalue weighted by atomic mass is 16.4. The maximum Gasteiger partial charge on any atom is 0.336 e. The number of carboxylic acids is 1. The molecule has 4 N–H and O–H groups in total. The minimum atomic E-state index is -1.06. The van der Waals surface area contributed by atoms with Crippen molar-refractivity contribution in [3.63, 3.8) is 0 Å². The van der Waals surface area contributed by atoms with Gasteiger partial charge in [-0.1, -0.05) is 30.3 Å². The van der Waals surface area contributed by atoms with E-state index in [0.717, 1.165) is 18.7 Å². The van der Waals surface area contributed by atoms with Crippen molar-refractivity contribution in [1.29, 1.82) is 0 Å². The first-order valence-corrected chi connectivity index (χ1v) is 13.3. The van der Waals surface area contributed by atoms with Crippen LogP contribution in [0.3, 0.4) is 0 Å². The van der Waals surface area contributed by atoms with Gasteiger partial charge in [0.2, 0.25) is 5.91 Å². The van der Waals surface area contributed by atoms with Crippen LogP contribution in [0.15, 0.2) is 66.7 Å². The molecule has 2 aliphatic heterocycles. The summed E-state index contributed by atoms with van der Waals surface area (Å²) in [5.41, 5.74) is 4.42. The van der Waals surface area contributed by atoms with E-state index in [2.05, 4.69) is 20.9 Å². The summed E-state index contributed by atoms with van der Waals surface area (Å²) in [5.74, 6) is -1.88. The molecule has 1 fully saturated rings. The number of carbonyl (C=O) groups is 4. The summed E-state index contributed by atoms with van der Waals surface area (Å²) in [4.78, 5) is 53.9. The van der Waals surface area contributed by atoms with Crippen LogP contribution in [0.4, 0.5) is 11.4 Å². The Kier molecular flexibility index (Phi) is 7.84. The van der Waals surface area contributed by atoms with Crippen LogP contribution in [0.1, 0.15) is 37.4 Å². The molecule has 10 heteroatoms. The maximum absolute atomic E-state index is 13.2. The second-order valence-corrected chi connectivity index (χ2v) is 10.2. The summed E-state index contributed by atoms with van der Waals surface area (Å²) in [5, 5.41) is 18.3. The predicted octanol–water partition coefficient (Wildman–Crippen LogP) is 3.13. The largest absolute Gasteiger partial charge is 0.478 e. The number of piperazine rings is 1. The van der Waals surface area contributed by atoms with E-state index in [1.807, 2.05) is 37.4 Å². The van der Waals surface area contributed by atoms with Crippen molar-refractivity contribution in [2.75, 3.05) is 50.4 Å². The summed E-state index contributed by atoms with van der Waals surface area (Å²) in [6.45, 7) is 4.55. The topological polar surface area (TPSA) is 131 Å². The second kappa shape index (κ2) is 11.6. The number of aryl methyl sites for hydroxylation is 1. The first-order chi connectivity index (χ1) is 19.7. The molecule has 2 heterocycles. The summed E-state index contributed by atoms with van der Waals surface area (Å²) >= 11 is 0. The minimum Gasteiger partial charge on any atom is -0.478 e. The molecule has 210 valence electrons. The third kappa shape index (κ3) is 5.97. The average molecular weight is 554 g/mol. The Balaban J connectivity index is 1.37. The Morgan fingerprint density at radius 2 is 1.61 bits per heavy atom. The number of hydrogen-bond acceptors (Lipinski definition) is 6. The molecule has 2 aliphatic rings. The first kappa shape index (κ1) is 27.6. The number of fused-ring (bicyclic) bond motifs is 1. The lowest BCUT2D eigenvalue weighted by Crippen LogP contribution is -2.50. The molecule has 0 atom stereocenters. The molecule has 0 spiro atoms. The Bertz CT molecular complexity index is 1540. The number of hydrogen-bond donors (Lipinski definition) is 4. The average Bonchev–Trinajstić information content (AvgIpc) is 3.29. The molecule has 10 nitrogen and oxygen atoms in total. The van der Waals surface area contributed by atoms with Gasteiger partial charge in [0.25, 0.3) is 11.8 Å². The molecule has 41 heavy (non-hydrogen) atoms. The van der Waals surface area contributed by atoms with Crippen LogP contribution in [-0.2, 0) is 9.59 Å². The lowest BCUT2D eigenvalue weighted by Gasteiger charge is -2.32. The van der Waals surface area contributed by atoms with E-state index in [0.29, 0.717) is 52.4 Å². The van der Waals surface area contributed by atoms with E-state index in [-0.39, 0.29) is 29.8 Å². The summed E-state index contributed by atoms with van der Waals surface area (Å²) in [7, 11) is 2.01. The second-order valence-electron chi connectivity index (χ2n) is 10.2. The van der Waals surface area contributed by atoms with Gasteiger partial charge < -0.3 is 30.9 Å². The summed E-state index contributed by atoms with van der Waals surface area (Å²) < 4.78 is 0. The Labute approximate surface area is 237 Å². The number of anilines is 2. The molecule has 0 saturated carbocycles. The zero-order valence-electron chi connectivity index (χ0n) is 22.9. The molecule has 3 amide bonds. The quantitative estimate of drug-likeness (QED) is 0.331. The standard InChI is InChI=1S/C31H31N5O5/c1-19-16-24-25(17-23(19)31(40)41)34-30(39)27(24)28(20-6-4-3-5-7-20)33-22-10-8-21(9-11-22)29(38)32-18-26(37)36-14-12-35(2)13-15-36/h3-11,16-17,33H,12-15,18H2,1-2H3,(H,32,38)(H,34,39)(H,40,41)/b28-27+. The van der Waals surface area contributed by atoms with Gasteiger partial charge in [-0.05, 0) is 61.5 Å². The van der Waals surface area contributed by atoms with Crippen LogP contribution in [0.2, 0.25) is 0 Å². The van der Waals surface area contributed by atoms with Gasteiger partial charge in [0.15, 0.2) is 0 Å². The lowest BCUT2D eigenvalue weighted by molar-refractivity contribution is -0.131. The van der Waals surface area contributed by atoms with Gasteiger partial charge in [0.1, 0.15) is 0 Å². The third-order valence-corrected chi connectivity index (χ3v) is 7.32. The molecule has 0 aromatic heterocycles. The van der Waals surface area contributed by atoms with E-state index < -0.39 is 5.97 Å². The van der Waals surface area contributed by atoms with Crippen molar-refractivity contribution >= 4 is 46.3 Å². The van der Waals surface area contributed by atoms with Gasteiger partial charge in [-0.2, -0.15) is 0 Å². The monoisotopic (exact) mass is 553 g/mol. The van der Waals surface area contributed by atoms with Gasteiger partial charge >= 0.3 is 5.97 Å². The van der Waals surface area contributed by atoms with Gasteiger partial charge in [-0.25, -0.2) is 4.79 Å². The van der Waals surface area contributed by atoms with Crippen molar-refractivity contribution in [1.82, 2.24) is 15.1 Å². The number of carbonyl (C=O) groups excluding carboxylic acids is 3. The Morgan fingerprint density at radius 1 is 0.927 bits per heavy atom. The van der Waals surface area contributed by atoms with Crippen LogP contribution in [0.5, 0.6) is 0 Å². The molecule has 0 radical (unpaired) electrons. The summed E-state index contributed by atoms with van der Waals surface area (Å²) in [6, 6.07) is 19.3. The molecule has 0 unspecified atom stereocenters. The number of nitrogens with zero attached hydrogens (tertiary/aromatic N) is 2. The molecule has 0 aliphatic carbocycles. The zero-order valence-corrected chi connectivity index (χ0v) is 22.9. The Hall–Kier alpha value is -4.96. The van der Waals surface area contributed by atoms with Crippen LogP contribution >= 0.6 is 0 Å². The molecule has 1 saturated heterocycles. The van der Waals surface area contributed by atoms with Crippen LogP contribution in [0, 0.1) is 6.92 Å². The van der Waals surface area contributed by atoms with E-state index in [1.165, 1.54) is 6.07 Å². The SMILES string of the molecule is Cc1cc2c(cc1C(=O)O)NC(=O)/C2=C(/Nc1ccc(C(=O)NCC(=O)N2CCN(C)CC2)cc1)c1ccccc1. The normalized spacial score (nSPS) is 16.0. The minimum absolute atomic E-state index is 0.0651. The van der Waals surface area contributed by atoms with Gasteiger partial charge in [0, 0.05) is 43.0 Å². The lowest BCUT2D eigenvalue weighted by atomic mass is 9.96. The Morgan fingerprint density at radius 3 is 2.27 bits per heavy atom. The third-order valence-electron chi connectivity index (χ3n) is 7.32. The predicted molar refractivity (Wildman–Crippen MR) is 156 cm³/mol. The van der Waals surface area contributed by atoms with Crippen molar-refractivity contribution in [2.24, 2.45) is 0 Å². The smallest absolute Gasteiger partial charge is 0.336 e. The summed E-state index contributed by atoms with van der Waals surface area (Å²) in [6.07, 6.45) is 0.